The average molecular weight is 314 g/mol. The monoisotopic (exact) mass is 314 g/mol. The number of carbonyl (C=O) groups excluding carboxylic acids is 1. The van der Waals surface area contributed by atoms with Crippen LogP contribution in [-0.4, -0.2) is 49.0 Å². The molecule has 3 rings (SSSR count). The summed E-state index contributed by atoms with van der Waals surface area (Å²) in [5.74, 6) is -1.41. The number of amides is 1. The second-order valence-corrected chi connectivity index (χ2v) is 5.84. The van der Waals surface area contributed by atoms with Crippen molar-refractivity contribution in [1.29, 1.82) is 0 Å². The van der Waals surface area contributed by atoms with Gasteiger partial charge in [-0.25, -0.2) is 9.48 Å². The molecule has 0 radical (unpaired) electrons. The van der Waals surface area contributed by atoms with Crippen LogP contribution in [0.5, 0.6) is 0 Å². The maximum atomic E-state index is 12.6. The van der Waals surface area contributed by atoms with Crippen molar-refractivity contribution in [2.75, 3.05) is 0 Å². The minimum absolute atomic E-state index is 0.0156. The standard InChI is InChI=1S/C16H18N4O3/c1-10-3-5-12(6-4-10)19-9-14(17-18-19)15(21)20(13-7-8-13)11(2)16(22)23/h3-6,9,11,13H,7-8H2,1-2H3,(H,22,23). The first-order valence-corrected chi connectivity index (χ1v) is 7.52. The van der Waals surface area contributed by atoms with Crippen LogP contribution in [-0.2, 0) is 4.79 Å². The van der Waals surface area contributed by atoms with E-state index in [1.54, 1.807) is 0 Å². The molecule has 1 saturated carbocycles. The topological polar surface area (TPSA) is 88.3 Å². The number of carboxylic acids is 1. The highest BCUT2D eigenvalue weighted by atomic mass is 16.4. The fourth-order valence-electron chi connectivity index (χ4n) is 2.45. The van der Waals surface area contributed by atoms with Crippen molar-refractivity contribution in [3.63, 3.8) is 0 Å². The van der Waals surface area contributed by atoms with Gasteiger partial charge in [-0.05, 0) is 38.8 Å². The van der Waals surface area contributed by atoms with Gasteiger partial charge in [0.2, 0.25) is 0 Å². The van der Waals surface area contributed by atoms with E-state index in [1.807, 2.05) is 31.2 Å². The molecule has 1 aromatic heterocycles. The molecule has 7 heteroatoms. The fraction of sp³-hybridized carbons (Fsp3) is 0.375. The van der Waals surface area contributed by atoms with Crippen LogP contribution in [0.2, 0.25) is 0 Å². The summed E-state index contributed by atoms with van der Waals surface area (Å²) in [6.45, 7) is 3.50. The quantitative estimate of drug-likeness (QED) is 0.906. The molecular weight excluding hydrogens is 296 g/mol. The van der Waals surface area contributed by atoms with Gasteiger partial charge in [0, 0.05) is 6.04 Å². The number of carbonyl (C=O) groups is 2. The Morgan fingerprint density at radius 2 is 1.96 bits per heavy atom. The molecule has 0 saturated heterocycles. The molecule has 1 atom stereocenters. The van der Waals surface area contributed by atoms with Crippen LogP contribution in [0, 0.1) is 6.92 Å². The van der Waals surface area contributed by atoms with Crippen molar-refractivity contribution < 1.29 is 14.7 Å². The zero-order chi connectivity index (χ0) is 16.6. The largest absolute Gasteiger partial charge is 0.480 e. The zero-order valence-corrected chi connectivity index (χ0v) is 13.0. The lowest BCUT2D eigenvalue weighted by atomic mass is 10.2. The molecule has 0 aliphatic heterocycles. The molecular formula is C16H18N4O3. The van der Waals surface area contributed by atoms with E-state index < -0.39 is 12.0 Å². The van der Waals surface area contributed by atoms with E-state index in [1.165, 1.54) is 22.7 Å². The minimum Gasteiger partial charge on any atom is -0.480 e. The molecule has 1 N–H and O–H groups in total. The number of hydrogen-bond acceptors (Lipinski definition) is 4. The van der Waals surface area contributed by atoms with E-state index in [4.69, 9.17) is 0 Å². The Morgan fingerprint density at radius 3 is 2.52 bits per heavy atom. The third kappa shape index (κ3) is 3.08. The van der Waals surface area contributed by atoms with Crippen molar-refractivity contribution in [2.45, 2.75) is 38.8 Å². The minimum atomic E-state index is -1.02. The number of nitrogens with zero attached hydrogens (tertiary/aromatic N) is 4. The number of hydrogen-bond donors (Lipinski definition) is 1. The van der Waals surface area contributed by atoms with Crippen molar-refractivity contribution >= 4 is 11.9 Å². The first-order chi connectivity index (χ1) is 11.0. The van der Waals surface area contributed by atoms with Crippen molar-refractivity contribution in [3.8, 4) is 5.69 Å². The molecule has 1 aromatic carbocycles. The normalized spacial score (nSPS) is 15.2. The van der Waals surface area contributed by atoms with Gasteiger partial charge in [0.1, 0.15) is 6.04 Å². The van der Waals surface area contributed by atoms with E-state index >= 15 is 0 Å². The Hall–Kier alpha value is -2.70. The molecule has 1 fully saturated rings. The zero-order valence-electron chi connectivity index (χ0n) is 13.0. The summed E-state index contributed by atoms with van der Waals surface area (Å²) in [4.78, 5) is 25.2. The Labute approximate surface area is 133 Å². The maximum Gasteiger partial charge on any atom is 0.326 e. The van der Waals surface area contributed by atoms with E-state index in [2.05, 4.69) is 10.3 Å². The summed E-state index contributed by atoms with van der Waals surface area (Å²) >= 11 is 0. The third-order valence-corrected chi connectivity index (χ3v) is 3.96. The number of rotatable bonds is 5. The summed E-state index contributed by atoms with van der Waals surface area (Å²) in [6, 6.07) is 6.77. The van der Waals surface area contributed by atoms with E-state index in [0.29, 0.717) is 0 Å². The molecule has 0 bridgehead atoms. The highest BCUT2D eigenvalue weighted by molar-refractivity contribution is 5.95. The van der Waals surface area contributed by atoms with Gasteiger partial charge < -0.3 is 10.0 Å². The van der Waals surface area contributed by atoms with Crippen molar-refractivity contribution in [1.82, 2.24) is 19.9 Å². The SMILES string of the molecule is Cc1ccc(-n2cc(C(=O)N(C3CC3)C(C)C(=O)O)nn2)cc1. The molecule has 1 amide bonds. The molecule has 2 aromatic rings. The molecule has 23 heavy (non-hydrogen) atoms. The smallest absolute Gasteiger partial charge is 0.326 e. The lowest BCUT2D eigenvalue weighted by molar-refractivity contribution is -0.141. The van der Waals surface area contributed by atoms with E-state index in [-0.39, 0.29) is 17.6 Å². The summed E-state index contributed by atoms with van der Waals surface area (Å²) < 4.78 is 1.52. The second kappa shape index (κ2) is 5.83. The van der Waals surface area contributed by atoms with Crippen molar-refractivity contribution in [3.05, 3.63) is 41.7 Å². The Kier molecular flexibility index (Phi) is 3.85. The van der Waals surface area contributed by atoms with Gasteiger partial charge in [0.25, 0.3) is 5.91 Å². The predicted molar refractivity (Wildman–Crippen MR) is 82.4 cm³/mol. The molecule has 120 valence electrons. The van der Waals surface area contributed by atoms with Crippen LogP contribution >= 0.6 is 0 Å². The maximum absolute atomic E-state index is 12.6. The summed E-state index contributed by atoms with van der Waals surface area (Å²) in [5, 5.41) is 17.1. The van der Waals surface area contributed by atoms with Crippen LogP contribution in [0.3, 0.4) is 0 Å². The Bertz CT molecular complexity index is 734. The van der Waals surface area contributed by atoms with Gasteiger partial charge in [-0.3, -0.25) is 4.79 Å². The van der Waals surface area contributed by atoms with Crippen LogP contribution in [0.1, 0.15) is 35.8 Å². The predicted octanol–water partition coefficient (Wildman–Crippen LogP) is 1.65. The highest BCUT2D eigenvalue weighted by Crippen LogP contribution is 2.30. The first kappa shape index (κ1) is 15.2. The van der Waals surface area contributed by atoms with Crippen LogP contribution < -0.4 is 0 Å². The number of aliphatic carboxylic acids is 1. The number of carboxylic acid groups (broad SMARTS) is 1. The van der Waals surface area contributed by atoms with E-state index in [0.717, 1.165) is 24.1 Å². The van der Waals surface area contributed by atoms with Gasteiger partial charge in [0.15, 0.2) is 5.69 Å². The molecule has 1 aliphatic rings. The Morgan fingerprint density at radius 1 is 1.30 bits per heavy atom. The van der Waals surface area contributed by atoms with Gasteiger partial charge in [-0.1, -0.05) is 22.9 Å². The van der Waals surface area contributed by atoms with Crippen LogP contribution in [0.15, 0.2) is 30.5 Å². The number of aryl methyl sites for hydroxylation is 1. The van der Waals surface area contributed by atoms with Gasteiger partial charge in [-0.15, -0.1) is 5.10 Å². The van der Waals surface area contributed by atoms with Crippen molar-refractivity contribution in [2.24, 2.45) is 0 Å². The fourth-order valence-corrected chi connectivity index (χ4v) is 2.45. The summed E-state index contributed by atoms with van der Waals surface area (Å²) in [7, 11) is 0. The summed E-state index contributed by atoms with van der Waals surface area (Å²) in [5.41, 5.74) is 2.08. The van der Waals surface area contributed by atoms with Gasteiger partial charge in [-0.2, -0.15) is 0 Å². The molecule has 1 heterocycles. The first-order valence-electron chi connectivity index (χ1n) is 7.52. The molecule has 1 unspecified atom stereocenters. The van der Waals surface area contributed by atoms with Crippen LogP contribution in [0.4, 0.5) is 0 Å². The Balaban J connectivity index is 1.85. The van der Waals surface area contributed by atoms with Gasteiger partial charge in [0.05, 0.1) is 11.9 Å². The number of benzene rings is 1. The molecule has 0 spiro atoms. The second-order valence-electron chi connectivity index (χ2n) is 5.84. The number of aromatic nitrogens is 3. The highest BCUT2D eigenvalue weighted by Gasteiger charge is 2.39. The lowest BCUT2D eigenvalue weighted by Crippen LogP contribution is -2.44. The molecule has 7 nitrogen and oxygen atoms in total. The third-order valence-electron chi connectivity index (χ3n) is 3.96. The lowest BCUT2D eigenvalue weighted by Gasteiger charge is -2.25. The summed E-state index contributed by atoms with van der Waals surface area (Å²) in [6.07, 6.45) is 3.20. The van der Waals surface area contributed by atoms with Crippen LogP contribution in [0.25, 0.3) is 5.69 Å². The molecule has 1 aliphatic carbocycles. The van der Waals surface area contributed by atoms with Gasteiger partial charge >= 0.3 is 5.97 Å². The average Bonchev–Trinajstić information content (AvgIpc) is 3.23. The van der Waals surface area contributed by atoms with E-state index in [9.17, 15) is 14.7 Å².